The molecule has 1 aromatic heterocycles. The predicted octanol–water partition coefficient (Wildman–Crippen LogP) is 3.17. The molecule has 0 spiro atoms. The molecule has 2 aromatic rings. The Bertz CT molecular complexity index is 697. The van der Waals surface area contributed by atoms with Gasteiger partial charge in [0.1, 0.15) is 11.9 Å². The monoisotopic (exact) mass is 342 g/mol. The summed E-state index contributed by atoms with van der Waals surface area (Å²) in [4.78, 5) is 6.42. The van der Waals surface area contributed by atoms with Crippen LogP contribution in [0.1, 0.15) is 24.0 Å². The number of pyridine rings is 1. The summed E-state index contributed by atoms with van der Waals surface area (Å²) >= 11 is 0. The predicted molar refractivity (Wildman–Crippen MR) is 92.4 cm³/mol. The van der Waals surface area contributed by atoms with E-state index in [0.29, 0.717) is 12.6 Å². The molecular weight excluding hydrogens is 319 g/mol. The van der Waals surface area contributed by atoms with Crippen LogP contribution in [-0.2, 0) is 22.6 Å². The van der Waals surface area contributed by atoms with Gasteiger partial charge in [0.15, 0.2) is 0 Å². The summed E-state index contributed by atoms with van der Waals surface area (Å²) < 4.78 is 25.7. The Balaban J connectivity index is 1.44. The largest absolute Gasteiger partial charge is 0.374 e. The molecule has 3 atom stereocenters. The van der Waals surface area contributed by atoms with Gasteiger partial charge in [0.2, 0.25) is 0 Å². The van der Waals surface area contributed by atoms with Gasteiger partial charge >= 0.3 is 0 Å². The van der Waals surface area contributed by atoms with E-state index in [4.69, 9.17) is 9.47 Å². The van der Waals surface area contributed by atoms with Crippen molar-refractivity contribution in [1.82, 2.24) is 9.88 Å². The summed E-state index contributed by atoms with van der Waals surface area (Å²) in [5.41, 5.74) is 2.12. The molecule has 2 aliphatic rings. The average molecular weight is 342 g/mol. The summed E-state index contributed by atoms with van der Waals surface area (Å²) in [6.07, 6.45) is 5.89. The lowest BCUT2D eigenvalue weighted by Crippen LogP contribution is -2.41. The number of benzene rings is 1. The minimum absolute atomic E-state index is 0.0482. The molecule has 0 bridgehead atoms. The van der Waals surface area contributed by atoms with Gasteiger partial charge in [0, 0.05) is 38.1 Å². The van der Waals surface area contributed by atoms with Crippen LogP contribution in [0.3, 0.4) is 0 Å². The van der Waals surface area contributed by atoms with E-state index < -0.39 is 0 Å². The Morgan fingerprint density at radius 1 is 1.20 bits per heavy atom. The normalized spacial score (nSPS) is 26.5. The molecule has 2 aliphatic heterocycles. The van der Waals surface area contributed by atoms with Crippen molar-refractivity contribution in [3.05, 3.63) is 65.7 Å². The van der Waals surface area contributed by atoms with E-state index in [0.717, 1.165) is 43.7 Å². The topological polar surface area (TPSA) is 34.6 Å². The van der Waals surface area contributed by atoms with Crippen molar-refractivity contribution in [3.8, 4) is 0 Å². The van der Waals surface area contributed by atoms with Crippen molar-refractivity contribution in [2.45, 2.75) is 44.2 Å². The van der Waals surface area contributed by atoms with Gasteiger partial charge in [-0.3, -0.25) is 9.88 Å². The summed E-state index contributed by atoms with van der Waals surface area (Å²) in [5.74, 6) is -0.182. The summed E-state index contributed by atoms with van der Waals surface area (Å²) in [6, 6.07) is 11.1. The van der Waals surface area contributed by atoms with Gasteiger partial charge in [-0.15, -0.1) is 0 Å². The quantitative estimate of drug-likeness (QED) is 0.836. The SMILES string of the molecule is Fc1cccc(CN2C[C@@H](OCc3ccncc3)[C@H]3OCCC[C@H]32)c1. The molecule has 0 radical (unpaired) electrons. The lowest BCUT2D eigenvalue weighted by molar-refractivity contribution is -0.0819. The standard InChI is InChI=1S/C20H23FN2O2/c21-17-4-1-3-16(11-17)12-23-13-19(20-18(23)5-2-10-24-20)25-14-15-6-8-22-9-7-15/h1,3-4,6-9,11,18-20H,2,5,10,12-14H2/t18-,19-,20+/m1/s1. The van der Waals surface area contributed by atoms with Crippen LogP contribution in [0.2, 0.25) is 0 Å². The number of ether oxygens (including phenoxy) is 2. The second-order valence-corrected chi connectivity index (χ2v) is 6.81. The maximum atomic E-state index is 13.5. The van der Waals surface area contributed by atoms with Gasteiger partial charge in [-0.25, -0.2) is 4.39 Å². The van der Waals surface area contributed by atoms with Crippen molar-refractivity contribution in [2.75, 3.05) is 13.2 Å². The number of rotatable bonds is 5. The number of aromatic nitrogens is 1. The first-order valence-corrected chi connectivity index (χ1v) is 8.90. The van der Waals surface area contributed by atoms with Crippen LogP contribution < -0.4 is 0 Å². The molecule has 0 unspecified atom stereocenters. The Morgan fingerprint density at radius 3 is 2.92 bits per heavy atom. The first-order valence-electron chi connectivity index (χ1n) is 8.90. The van der Waals surface area contributed by atoms with Crippen molar-refractivity contribution in [2.24, 2.45) is 0 Å². The maximum absolute atomic E-state index is 13.5. The van der Waals surface area contributed by atoms with Crippen molar-refractivity contribution >= 4 is 0 Å². The van der Waals surface area contributed by atoms with E-state index in [-0.39, 0.29) is 18.0 Å². The van der Waals surface area contributed by atoms with Crippen LogP contribution in [0.25, 0.3) is 0 Å². The Labute approximate surface area is 147 Å². The molecule has 5 heteroatoms. The zero-order valence-corrected chi connectivity index (χ0v) is 14.2. The number of hydrogen-bond acceptors (Lipinski definition) is 4. The minimum Gasteiger partial charge on any atom is -0.374 e. The lowest BCUT2D eigenvalue weighted by atomic mass is 10.0. The van der Waals surface area contributed by atoms with E-state index in [1.165, 1.54) is 6.07 Å². The molecule has 4 rings (SSSR count). The molecular formula is C20H23FN2O2. The highest BCUT2D eigenvalue weighted by molar-refractivity contribution is 5.17. The summed E-state index contributed by atoms with van der Waals surface area (Å²) in [6.45, 7) is 2.91. The summed E-state index contributed by atoms with van der Waals surface area (Å²) in [7, 11) is 0. The molecule has 2 saturated heterocycles. The fourth-order valence-corrected chi connectivity index (χ4v) is 3.88. The van der Waals surface area contributed by atoms with Crippen LogP contribution in [0.15, 0.2) is 48.8 Å². The second kappa shape index (κ2) is 7.60. The molecule has 3 heterocycles. The van der Waals surface area contributed by atoms with Gasteiger partial charge in [-0.1, -0.05) is 12.1 Å². The minimum atomic E-state index is -0.182. The highest BCUT2D eigenvalue weighted by Crippen LogP contribution is 2.32. The van der Waals surface area contributed by atoms with Crippen LogP contribution >= 0.6 is 0 Å². The Kier molecular flexibility index (Phi) is 5.06. The molecule has 1 aromatic carbocycles. The number of nitrogens with zero attached hydrogens (tertiary/aromatic N) is 2. The summed E-state index contributed by atoms with van der Waals surface area (Å²) in [5, 5.41) is 0. The third-order valence-corrected chi connectivity index (χ3v) is 5.07. The van der Waals surface area contributed by atoms with E-state index in [1.807, 2.05) is 18.2 Å². The molecule has 25 heavy (non-hydrogen) atoms. The molecule has 4 nitrogen and oxygen atoms in total. The third-order valence-electron chi connectivity index (χ3n) is 5.07. The Hall–Kier alpha value is -1.82. The number of likely N-dealkylation sites (tertiary alicyclic amines) is 1. The van der Waals surface area contributed by atoms with Gasteiger partial charge in [0.25, 0.3) is 0 Å². The molecule has 2 fully saturated rings. The first-order chi connectivity index (χ1) is 12.3. The first kappa shape index (κ1) is 16.6. The van der Waals surface area contributed by atoms with Crippen LogP contribution in [0.5, 0.6) is 0 Å². The zero-order chi connectivity index (χ0) is 17.1. The lowest BCUT2D eigenvalue weighted by Gasteiger charge is -2.32. The fraction of sp³-hybridized carbons (Fsp3) is 0.450. The average Bonchev–Trinajstić information content (AvgIpc) is 2.99. The molecule has 0 amide bonds. The van der Waals surface area contributed by atoms with Crippen LogP contribution in [-0.4, -0.2) is 41.3 Å². The third kappa shape index (κ3) is 3.89. The highest BCUT2D eigenvalue weighted by atomic mass is 19.1. The number of hydrogen-bond donors (Lipinski definition) is 0. The fourth-order valence-electron chi connectivity index (χ4n) is 3.88. The van der Waals surface area contributed by atoms with Crippen LogP contribution in [0, 0.1) is 5.82 Å². The Morgan fingerprint density at radius 2 is 2.08 bits per heavy atom. The van der Waals surface area contributed by atoms with Crippen molar-refractivity contribution in [1.29, 1.82) is 0 Å². The van der Waals surface area contributed by atoms with E-state index in [2.05, 4.69) is 9.88 Å². The number of fused-ring (bicyclic) bond motifs is 1. The van der Waals surface area contributed by atoms with Crippen molar-refractivity contribution in [3.63, 3.8) is 0 Å². The van der Waals surface area contributed by atoms with Crippen molar-refractivity contribution < 1.29 is 13.9 Å². The van der Waals surface area contributed by atoms with Crippen LogP contribution in [0.4, 0.5) is 4.39 Å². The van der Waals surface area contributed by atoms with Gasteiger partial charge in [-0.05, 0) is 48.2 Å². The van der Waals surface area contributed by atoms with Gasteiger partial charge in [0.05, 0.1) is 12.7 Å². The van der Waals surface area contributed by atoms with E-state index in [9.17, 15) is 4.39 Å². The molecule has 0 saturated carbocycles. The van der Waals surface area contributed by atoms with E-state index >= 15 is 0 Å². The van der Waals surface area contributed by atoms with Gasteiger partial charge in [-0.2, -0.15) is 0 Å². The molecule has 132 valence electrons. The number of halogens is 1. The zero-order valence-electron chi connectivity index (χ0n) is 14.2. The molecule has 0 N–H and O–H groups in total. The van der Waals surface area contributed by atoms with Gasteiger partial charge < -0.3 is 9.47 Å². The smallest absolute Gasteiger partial charge is 0.123 e. The maximum Gasteiger partial charge on any atom is 0.123 e. The highest BCUT2D eigenvalue weighted by Gasteiger charge is 2.44. The molecule has 0 aliphatic carbocycles. The second-order valence-electron chi connectivity index (χ2n) is 6.81. The van der Waals surface area contributed by atoms with E-state index in [1.54, 1.807) is 24.5 Å².